The summed E-state index contributed by atoms with van der Waals surface area (Å²) in [5.41, 5.74) is 1.17. The summed E-state index contributed by atoms with van der Waals surface area (Å²) < 4.78 is 4.83. The van der Waals surface area contributed by atoms with Crippen LogP contribution in [0.2, 0.25) is 0 Å². The van der Waals surface area contributed by atoms with Gasteiger partial charge in [-0.05, 0) is 38.0 Å². The molecule has 4 nitrogen and oxygen atoms in total. The number of rotatable bonds is 6. The van der Waals surface area contributed by atoms with E-state index >= 15 is 0 Å². The van der Waals surface area contributed by atoms with Gasteiger partial charge in [-0.2, -0.15) is 0 Å². The van der Waals surface area contributed by atoms with Crippen LogP contribution in [0.5, 0.6) is 0 Å². The average Bonchev–Trinajstić information content (AvgIpc) is 2.25. The largest absolute Gasteiger partial charge is 0.466 e. The maximum Gasteiger partial charge on any atom is 0.305 e. The molecule has 0 aromatic carbocycles. The molecule has 0 fully saturated rings. The Hall–Kier alpha value is -1.58. The molecule has 1 aromatic rings. The van der Waals surface area contributed by atoms with E-state index in [1.807, 2.05) is 26.0 Å². The molecule has 4 heteroatoms. The molecule has 1 N–H and O–H groups in total. The van der Waals surface area contributed by atoms with Gasteiger partial charge in [0.15, 0.2) is 0 Å². The van der Waals surface area contributed by atoms with Crippen molar-refractivity contribution in [3.63, 3.8) is 0 Å². The monoisotopic (exact) mass is 222 g/mol. The van der Waals surface area contributed by atoms with Crippen molar-refractivity contribution in [2.75, 3.05) is 18.5 Å². The summed E-state index contributed by atoms with van der Waals surface area (Å²) in [4.78, 5) is 15.2. The van der Waals surface area contributed by atoms with E-state index in [1.54, 1.807) is 6.20 Å². The molecule has 0 bridgehead atoms. The molecular weight excluding hydrogens is 204 g/mol. The van der Waals surface area contributed by atoms with Gasteiger partial charge in [-0.15, -0.1) is 0 Å². The number of nitrogens with one attached hydrogen (secondary N) is 1. The lowest BCUT2D eigenvalue weighted by Crippen LogP contribution is -2.08. The van der Waals surface area contributed by atoms with Gasteiger partial charge >= 0.3 is 5.97 Å². The molecule has 0 spiro atoms. The smallest absolute Gasteiger partial charge is 0.305 e. The van der Waals surface area contributed by atoms with Crippen molar-refractivity contribution in [3.05, 3.63) is 23.9 Å². The molecule has 0 aliphatic carbocycles. The summed E-state index contributed by atoms with van der Waals surface area (Å²) in [7, 11) is 0. The first-order valence-corrected chi connectivity index (χ1v) is 5.54. The molecule has 1 rings (SSSR count). The van der Waals surface area contributed by atoms with Crippen LogP contribution in [0.3, 0.4) is 0 Å². The number of aromatic nitrogens is 1. The Balaban J connectivity index is 2.18. The zero-order chi connectivity index (χ0) is 11.8. The van der Waals surface area contributed by atoms with Crippen LogP contribution in [0.15, 0.2) is 18.3 Å². The highest BCUT2D eigenvalue weighted by Gasteiger charge is 2.00. The van der Waals surface area contributed by atoms with Crippen molar-refractivity contribution in [2.45, 2.75) is 26.7 Å². The highest BCUT2D eigenvalue weighted by atomic mass is 16.5. The minimum Gasteiger partial charge on any atom is -0.466 e. The number of ether oxygens (including phenoxy) is 1. The van der Waals surface area contributed by atoms with Gasteiger partial charge in [-0.3, -0.25) is 4.79 Å². The van der Waals surface area contributed by atoms with Gasteiger partial charge in [0.25, 0.3) is 0 Å². The molecular formula is C12H18N2O2. The Kier molecular flexibility index (Phi) is 5.32. The molecule has 1 heterocycles. The van der Waals surface area contributed by atoms with Crippen LogP contribution in [0.25, 0.3) is 0 Å². The van der Waals surface area contributed by atoms with Crippen LogP contribution >= 0.6 is 0 Å². The Labute approximate surface area is 96.0 Å². The fourth-order valence-corrected chi connectivity index (χ4v) is 1.32. The lowest BCUT2D eigenvalue weighted by atomic mass is 10.3. The van der Waals surface area contributed by atoms with Gasteiger partial charge in [-0.1, -0.05) is 0 Å². The Morgan fingerprint density at radius 2 is 2.38 bits per heavy atom. The highest BCUT2D eigenvalue weighted by Crippen LogP contribution is 2.05. The number of aryl methyl sites for hydroxylation is 1. The lowest BCUT2D eigenvalue weighted by Gasteiger charge is -2.05. The van der Waals surface area contributed by atoms with E-state index in [0.717, 1.165) is 18.8 Å². The SMILES string of the molecule is CCOC(=O)CCCNc1cc(C)ccn1. The number of pyridine rings is 1. The van der Waals surface area contributed by atoms with Gasteiger partial charge in [0.05, 0.1) is 6.61 Å². The minimum absolute atomic E-state index is 0.137. The predicted molar refractivity (Wildman–Crippen MR) is 63.3 cm³/mol. The van der Waals surface area contributed by atoms with Gasteiger partial charge in [0, 0.05) is 19.2 Å². The first-order valence-electron chi connectivity index (χ1n) is 5.54. The summed E-state index contributed by atoms with van der Waals surface area (Å²) in [6.45, 7) is 5.01. The number of carbonyl (C=O) groups is 1. The van der Waals surface area contributed by atoms with Gasteiger partial charge in [0.2, 0.25) is 0 Å². The maximum absolute atomic E-state index is 11.0. The van der Waals surface area contributed by atoms with Crippen LogP contribution in [-0.2, 0) is 9.53 Å². The Morgan fingerprint density at radius 1 is 1.56 bits per heavy atom. The first-order chi connectivity index (χ1) is 7.72. The van der Waals surface area contributed by atoms with Crippen LogP contribution in [0.1, 0.15) is 25.3 Å². The third-order valence-electron chi connectivity index (χ3n) is 2.08. The molecule has 1 aromatic heterocycles. The lowest BCUT2D eigenvalue weighted by molar-refractivity contribution is -0.143. The molecule has 0 aliphatic rings. The fourth-order valence-electron chi connectivity index (χ4n) is 1.32. The van der Waals surface area contributed by atoms with Gasteiger partial charge in [-0.25, -0.2) is 4.98 Å². The number of carbonyl (C=O) groups excluding carboxylic acids is 1. The topological polar surface area (TPSA) is 51.2 Å². The first kappa shape index (κ1) is 12.5. The minimum atomic E-state index is -0.137. The third kappa shape index (κ3) is 4.77. The number of esters is 1. The summed E-state index contributed by atoms with van der Waals surface area (Å²) in [6, 6.07) is 3.92. The van der Waals surface area contributed by atoms with Crippen molar-refractivity contribution >= 4 is 11.8 Å². The van der Waals surface area contributed by atoms with Gasteiger partial charge < -0.3 is 10.1 Å². The van der Waals surface area contributed by atoms with E-state index in [4.69, 9.17) is 4.74 Å². The molecule has 0 saturated heterocycles. The van der Waals surface area contributed by atoms with Crippen LogP contribution in [0.4, 0.5) is 5.82 Å². The summed E-state index contributed by atoms with van der Waals surface area (Å²) in [5.74, 6) is 0.713. The van der Waals surface area contributed by atoms with E-state index in [-0.39, 0.29) is 5.97 Å². The normalized spacial score (nSPS) is 9.88. The van der Waals surface area contributed by atoms with Crippen molar-refractivity contribution in [1.82, 2.24) is 4.98 Å². The summed E-state index contributed by atoms with van der Waals surface area (Å²) in [5, 5.41) is 3.16. The maximum atomic E-state index is 11.0. The molecule has 0 amide bonds. The number of hydrogen-bond donors (Lipinski definition) is 1. The van der Waals surface area contributed by atoms with Crippen LogP contribution in [0, 0.1) is 6.92 Å². The second kappa shape index (κ2) is 6.82. The molecule has 16 heavy (non-hydrogen) atoms. The Morgan fingerprint density at radius 3 is 3.06 bits per heavy atom. The zero-order valence-corrected chi connectivity index (χ0v) is 9.82. The molecule has 0 atom stereocenters. The zero-order valence-electron chi connectivity index (χ0n) is 9.82. The van der Waals surface area contributed by atoms with E-state index < -0.39 is 0 Å². The van der Waals surface area contributed by atoms with Crippen molar-refractivity contribution in [3.8, 4) is 0 Å². The van der Waals surface area contributed by atoms with Crippen molar-refractivity contribution in [1.29, 1.82) is 0 Å². The van der Waals surface area contributed by atoms with E-state index in [2.05, 4.69) is 10.3 Å². The van der Waals surface area contributed by atoms with Gasteiger partial charge in [0.1, 0.15) is 5.82 Å². The molecule has 0 unspecified atom stereocenters. The third-order valence-corrected chi connectivity index (χ3v) is 2.08. The Bertz CT molecular complexity index is 340. The summed E-state index contributed by atoms with van der Waals surface area (Å²) >= 11 is 0. The average molecular weight is 222 g/mol. The number of anilines is 1. The second-order valence-electron chi connectivity index (χ2n) is 3.55. The van der Waals surface area contributed by atoms with Crippen LogP contribution in [-0.4, -0.2) is 24.1 Å². The van der Waals surface area contributed by atoms with Crippen LogP contribution < -0.4 is 5.32 Å². The second-order valence-corrected chi connectivity index (χ2v) is 3.55. The summed E-state index contributed by atoms with van der Waals surface area (Å²) in [6.07, 6.45) is 2.98. The van der Waals surface area contributed by atoms with Crippen molar-refractivity contribution < 1.29 is 9.53 Å². The fraction of sp³-hybridized carbons (Fsp3) is 0.500. The quantitative estimate of drug-likeness (QED) is 0.592. The highest BCUT2D eigenvalue weighted by molar-refractivity contribution is 5.69. The predicted octanol–water partition coefficient (Wildman–Crippen LogP) is 2.15. The number of hydrogen-bond acceptors (Lipinski definition) is 4. The van der Waals surface area contributed by atoms with E-state index in [0.29, 0.717) is 13.0 Å². The standard InChI is InChI=1S/C12H18N2O2/c1-3-16-12(15)5-4-7-13-11-9-10(2)6-8-14-11/h6,8-9H,3-5,7H2,1-2H3,(H,13,14). The van der Waals surface area contributed by atoms with E-state index in [9.17, 15) is 4.79 Å². The van der Waals surface area contributed by atoms with Crippen molar-refractivity contribution in [2.24, 2.45) is 0 Å². The number of nitrogens with zero attached hydrogens (tertiary/aromatic N) is 1. The molecule has 0 saturated carbocycles. The van der Waals surface area contributed by atoms with E-state index in [1.165, 1.54) is 5.56 Å². The molecule has 0 aliphatic heterocycles. The molecule has 88 valence electrons. The molecule has 0 radical (unpaired) electrons.